The first-order valence-electron chi connectivity index (χ1n) is 8.29. The molecule has 1 aromatic heterocycles. The zero-order valence-electron chi connectivity index (χ0n) is 13.1. The molecule has 5 rings (SSSR count). The number of nitrogens with zero attached hydrogens (tertiary/aromatic N) is 2. The van der Waals surface area contributed by atoms with E-state index >= 15 is 0 Å². The van der Waals surface area contributed by atoms with E-state index in [4.69, 9.17) is 9.72 Å². The Kier molecular flexibility index (Phi) is 2.89. The van der Waals surface area contributed by atoms with Crippen LogP contribution in [0.4, 0.5) is 0 Å². The average Bonchev–Trinajstić information content (AvgIpc) is 3.37. The van der Waals surface area contributed by atoms with Gasteiger partial charge in [0.25, 0.3) is 5.91 Å². The maximum atomic E-state index is 12.7. The molecule has 1 unspecified atom stereocenters. The number of amides is 1. The van der Waals surface area contributed by atoms with Crippen LogP contribution in [0.3, 0.4) is 0 Å². The van der Waals surface area contributed by atoms with Gasteiger partial charge in [-0.25, -0.2) is 4.98 Å². The molecule has 1 fully saturated rings. The fourth-order valence-corrected chi connectivity index (χ4v) is 3.49. The maximum Gasteiger partial charge on any atom is 0.261 e. The second-order valence-corrected chi connectivity index (χ2v) is 6.40. The monoisotopic (exact) mass is 319 g/mol. The molecule has 1 N–H and O–H groups in total. The molecule has 2 heterocycles. The summed E-state index contributed by atoms with van der Waals surface area (Å²) in [5.74, 6) is 1.59. The molecule has 120 valence electrons. The summed E-state index contributed by atoms with van der Waals surface area (Å²) in [7, 11) is 0. The third-order valence-corrected chi connectivity index (χ3v) is 4.74. The number of rotatable bonds is 2. The lowest BCUT2D eigenvalue weighted by atomic mass is 10.0. The number of aromatic nitrogens is 2. The molecule has 0 saturated heterocycles. The summed E-state index contributed by atoms with van der Waals surface area (Å²) >= 11 is 0. The fourth-order valence-electron chi connectivity index (χ4n) is 3.49. The van der Waals surface area contributed by atoms with Crippen LogP contribution in [0.25, 0.3) is 11.0 Å². The number of carbonyl (C=O) groups excluding carboxylic acids is 1. The molecule has 1 atom stereocenters. The van der Waals surface area contributed by atoms with Crippen LogP contribution in [0.5, 0.6) is 5.75 Å². The zero-order valence-corrected chi connectivity index (χ0v) is 13.1. The maximum absolute atomic E-state index is 12.7. The Bertz CT molecular complexity index is 896. The van der Waals surface area contributed by atoms with E-state index in [1.54, 1.807) is 0 Å². The largest absolute Gasteiger partial charge is 0.483 e. The van der Waals surface area contributed by atoms with Crippen molar-refractivity contribution in [2.45, 2.75) is 24.9 Å². The van der Waals surface area contributed by atoms with Crippen molar-refractivity contribution in [1.29, 1.82) is 0 Å². The summed E-state index contributed by atoms with van der Waals surface area (Å²) in [6.45, 7) is 0.0875. The molecule has 1 amide bonds. The number of hydrogen-bond acceptors (Lipinski definition) is 3. The number of para-hydroxylation sites is 3. The number of hydrogen-bond donors (Lipinski definition) is 1. The van der Waals surface area contributed by atoms with E-state index in [0.29, 0.717) is 0 Å². The van der Waals surface area contributed by atoms with Crippen molar-refractivity contribution in [3.8, 4) is 5.75 Å². The van der Waals surface area contributed by atoms with Gasteiger partial charge in [-0.3, -0.25) is 4.79 Å². The van der Waals surface area contributed by atoms with E-state index in [0.717, 1.165) is 41.0 Å². The van der Waals surface area contributed by atoms with Gasteiger partial charge in [-0.05, 0) is 31.0 Å². The van der Waals surface area contributed by atoms with Gasteiger partial charge in [-0.2, -0.15) is 0 Å². The second kappa shape index (κ2) is 5.09. The summed E-state index contributed by atoms with van der Waals surface area (Å²) in [5, 5.41) is 0. The highest BCUT2D eigenvalue weighted by Gasteiger charge is 2.42. The van der Waals surface area contributed by atoms with Crippen LogP contribution in [-0.2, 0) is 4.79 Å². The number of fused-ring (bicyclic) bond motifs is 2. The van der Waals surface area contributed by atoms with Crippen molar-refractivity contribution >= 4 is 16.9 Å². The molecule has 5 nitrogen and oxygen atoms in total. The van der Waals surface area contributed by atoms with E-state index in [1.165, 1.54) is 0 Å². The number of carbonyl (C=O) groups is 1. The SMILES string of the molecule is O=C1COc2ccccc2C(c2nc3ccccc3[nH]2)N1C1CC1. The Hall–Kier alpha value is -2.82. The lowest BCUT2D eigenvalue weighted by Crippen LogP contribution is -2.38. The lowest BCUT2D eigenvalue weighted by molar-refractivity contribution is -0.135. The van der Waals surface area contributed by atoms with E-state index in [9.17, 15) is 4.79 Å². The van der Waals surface area contributed by atoms with Gasteiger partial charge in [0.2, 0.25) is 0 Å². The predicted molar refractivity (Wildman–Crippen MR) is 89.7 cm³/mol. The smallest absolute Gasteiger partial charge is 0.261 e. The van der Waals surface area contributed by atoms with Gasteiger partial charge in [0.15, 0.2) is 6.61 Å². The highest BCUT2D eigenvalue weighted by molar-refractivity contribution is 5.81. The standard InChI is InChI=1S/C19H17N3O2/c23-17-11-24-16-8-4-1-5-13(16)18(22(17)12-9-10-12)19-20-14-6-2-3-7-15(14)21-19/h1-8,12,18H,9-11H2,(H,20,21). The van der Waals surface area contributed by atoms with E-state index in [1.807, 2.05) is 53.4 Å². The minimum atomic E-state index is -0.226. The van der Waals surface area contributed by atoms with Gasteiger partial charge in [0.1, 0.15) is 17.6 Å². The van der Waals surface area contributed by atoms with Crippen LogP contribution in [0.15, 0.2) is 48.5 Å². The number of H-pyrrole nitrogens is 1. The summed E-state index contributed by atoms with van der Waals surface area (Å²) in [6, 6.07) is 15.9. The minimum absolute atomic E-state index is 0.0270. The fraction of sp³-hybridized carbons (Fsp3) is 0.263. The average molecular weight is 319 g/mol. The second-order valence-electron chi connectivity index (χ2n) is 6.40. The topological polar surface area (TPSA) is 58.2 Å². The lowest BCUT2D eigenvalue weighted by Gasteiger charge is -2.28. The van der Waals surface area contributed by atoms with Crippen LogP contribution in [-0.4, -0.2) is 33.4 Å². The molecule has 5 heteroatoms. The normalized spacial score (nSPS) is 20.6. The molecule has 1 saturated carbocycles. The first-order chi connectivity index (χ1) is 11.8. The van der Waals surface area contributed by atoms with E-state index in [2.05, 4.69) is 4.98 Å². The van der Waals surface area contributed by atoms with Crippen molar-refractivity contribution in [2.75, 3.05) is 6.61 Å². The molecule has 1 aliphatic heterocycles. The predicted octanol–water partition coefficient (Wildman–Crippen LogP) is 3.04. The van der Waals surface area contributed by atoms with Crippen molar-refractivity contribution in [2.24, 2.45) is 0 Å². The molecule has 0 radical (unpaired) electrons. The highest BCUT2D eigenvalue weighted by atomic mass is 16.5. The van der Waals surface area contributed by atoms with Gasteiger partial charge >= 0.3 is 0 Å². The Balaban J connectivity index is 1.72. The number of imidazole rings is 1. The quantitative estimate of drug-likeness (QED) is 0.790. The Morgan fingerprint density at radius 1 is 1.08 bits per heavy atom. The molecule has 0 spiro atoms. The molecule has 2 aromatic carbocycles. The van der Waals surface area contributed by atoms with Crippen molar-refractivity contribution in [3.05, 3.63) is 59.9 Å². The molecule has 24 heavy (non-hydrogen) atoms. The Morgan fingerprint density at radius 2 is 1.88 bits per heavy atom. The highest BCUT2D eigenvalue weighted by Crippen LogP contribution is 2.42. The van der Waals surface area contributed by atoms with Gasteiger partial charge in [0, 0.05) is 11.6 Å². The van der Waals surface area contributed by atoms with E-state index < -0.39 is 0 Å². The first-order valence-corrected chi connectivity index (χ1v) is 8.29. The van der Waals surface area contributed by atoms with Crippen molar-refractivity contribution in [3.63, 3.8) is 0 Å². The van der Waals surface area contributed by atoms with Crippen LogP contribution < -0.4 is 4.74 Å². The number of benzene rings is 2. The summed E-state index contributed by atoms with van der Waals surface area (Å²) in [5.41, 5.74) is 2.89. The van der Waals surface area contributed by atoms with Crippen LogP contribution in [0, 0.1) is 0 Å². The van der Waals surface area contributed by atoms with Crippen LogP contribution in [0.1, 0.15) is 30.3 Å². The minimum Gasteiger partial charge on any atom is -0.483 e. The molecule has 2 aliphatic rings. The summed E-state index contributed by atoms with van der Waals surface area (Å²) in [4.78, 5) is 22.9. The van der Waals surface area contributed by atoms with E-state index in [-0.39, 0.29) is 24.6 Å². The van der Waals surface area contributed by atoms with Crippen LogP contribution in [0.2, 0.25) is 0 Å². The molecule has 3 aromatic rings. The van der Waals surface area contributed by atoms with Crippen molar-refractivity contribution < 1.29 is 9.53 Å². The van der Waals surface area contributed by atoms with Gasteiger partial charge in [-0.1, -0.05) is 30.3 Å². The first kappa shape index (κ1) is 13.6. The molecular weight excluding hydrogens is 302 g/mol. The number of aromatic amines is 1. The van der Waals surface area contributed by atoms with Gasteiger partial charge in [0.05, 0.1) is 11.0 Å². The Morgan fingerprint density at radius 3 is 2.71 bits per heavy atom. The van der Waals surface area contributed by atoms with Gasteiger partial charge in [-0.15, -0.1) is 0 Å². The molecule has 0 bridgehead atoms. The molecular formula is C19H17N3O2. The third-order valence-electron chi connectivity index (χ3n) is 4.74. The number of nitrogens with one attached hydrogen (secondary N) is 1. The Labute approximate surface area is 139 Å². The third kappa shape index (κ3) is 2.08. The van der Waals surface area contributed by atoms with Gasteiger partial charge < -0.3 is 14.6 Å². The van der Waals surface area contributed by atoms with Crippen LogP contribution >= 0.6 is 0 Å². The number of ether oxygens (including phenoxy) is 1. The zero-order chi connectivity index (χ0) is 16.1. The van der Waals surface area contributed by atoms with Crippen molar-refractivity contribution in [1.82, 2.24) is 14.9 Å². The summed E-state index contributed by atoms with van der Waals surface area (Å²) < 4.78 is 5.76. The molecule has 1 aliphatic carbocycles. The summed E-state index contributed by atoms with van der Waals surface area (Å²) in [6.07, 6.45) is 2.09.